The van der Waals surface area contributed by atoms with Crippen molar-refractivity contribution in [2.24, 2.45) is 0 Å². The minimum atomic E-state index is -0.901. The lowest BCUT2D eigenvalue weighted by molar-refractivity contribution is -0.117. The van der Waals surface area contributed by atoms with Crippen LogP contribution in [0.25, 0.3) is 0 Å². The molecule has 2 amide bonds. The summed E-state index contributed by atoms with van der Waals surface area (Å²) in [4.78, 5) is 36.8. The second-order valence-corrected chi connectivity index (χ2v) is 5.60. The molecule has 0 fully saturated rings. The van der Waals surface area contributed by atoms with Gasteiger partial charge in [-0.15, -0.1) is 0 Å². The maximum atomic E-state index is 13.9. The summed E-state index contributed by atoms with van der Waals surface area (Å²) >= 11 is 0. The summed E-state index contributed by atoms with van der Waals surface area (Å²) in [5, 5.41) is 2.56. The minimum Gasteiger partial charge on any atom is -0.465 e. The highest BCUT2D eigenvalue weighted by atomic mass is 19.1. The Bertz CT molecular complexity index is 871. The maximum Gasteiger partial charge on any atom is 0.339 e. The summed E-state index contributed by atoms with van der Waals surface area (Å²) in [6.07, 6.45) is -0.161. The summed E-state index contributed by atoms with van der Waals surface area (Å²) < 4.78 is 31.6. The van der Waals surface area contributed by atoms with Gasteiger partial charge in [-0.3, -0.25) is 9.59 Å². The molecule has 0 saturated carbocycles. The zero-order valence-electron chi connectivity index (χ0n) is 14.8. The Hall–Kier alpha value is -3.29. The van der Waals surface area contributed by atoms with E-state index in [1.165, 1.54) is 26.2 Å². The number of carbonyl (C=O) groups excluding carboxylic acids is 3. The van der Waals surface area contributed by atoms with E-state index in [2.05, 4.69) is 10.1 Å². The van der Waals surface area contributed by atoms with Gasteiger partial charge in [0.05, 0.1) is 24.0 Å². The lowest BCUT2D eigenvalue weighted by Crippen LogP contribution is -2.32. The molecule has 142 valence electrons. The fourth-order valence-electron chi connectivity index (χ4n) is 2.45. The summed E-state index contributed by atoms with van der Waals surface area (Å²) in [5.41, 5.74) is 0.324. The molecule has 0 bridgehead atoms. The SMILES string of the molecule is COC(=O)c1ccccc1NC(=O)CCN(C(C)=O)c1ccc(F)cc1F. The van der Waals surface area contributed by atoms with Crippen LogP contribution < -0.4 is 10.2 Å². The van der Waals surface area contributed by atoms with Gasteiger partial charge >= 0.3 is 5.97 Å². The highest BCUT2D eigenvalue weighted by Gasteiger charge is 2.19. The molecule has 0 aliphatic carbocycles. The Morgan fingerprint density at radius 2 is 1.81 bits per heavy atom. The number of halogens is 2. The highest BCUT2D eigenvalue weighted by Crippen LogP contribution is 2.21. The topological polar surface area (TPSA) is 75.7 Å². The normalized spacial score (nSPS) is 10.2. The second-order valence-electron chi connectivity index (χ2n) is 5.60. The third-order valence-corrected chi connectivity index (χ3v) is 3.75. The van der Waals surface area contributed by atoms with E-state index < -0.39 is 29.4 Å². The molecule has 0 spiro atoms. The molecule has 27 heavy (non-hydrogen) atoms. The summed E-state index contributed by atoms with van der Waals surface area (Å²) in [6.45, 7) is 1.09. The van der Waals surface area contributed by atoms with Crippen molar-refractivity contribution < 1.29 is 27.9 Å². The lowest BCUT2D eigenvalue weighted by Gasteiger charge is -2.21. The predicted octanol–water partition coefficient (Wildman–Crippen LogP) is 3.13. The molecule has 0 aliphatic heterocycles. The number of anilines is 2. The van der Waals surface area contributed by atoms with Crippen molar-refractivity contribution in [1.82, 2.24) is 0 Å². The first-order valence-corrected chi connectivity index (χ1v) is 8.04. The van der Waals surface area contributed by atoms with Crippen molar-refractivity contribution in [3.63, 3.8) is 0 Å². The molecular formula is C19H18F2N2O4. The van der Waals surface area contributed by atoms with E-state index in [4.69, 9.17) is 0 Å². The number of hydrogen-bond donors (Lipinski definition) is 1. The molecule has 0 radical (unpaired) electrons. The van der Waals surface area contributed by atoms with Crippen molar-refractivity contribution in [3.05, 3.63) is 59.7 Å². The van der Waals surface area contributed by atoms with Crippen LogP contribution in [0.3, 0.4) is 0 Å². The molecule has 1 N–H and O–H groups in total. The molecular weight excluding hydrogens is 358 g/mol. The van der Waals surface area contributed by atoms with Gasteiger partial charge < -0.3 is 15.0 Å². The van der Waals surface area contributed by atoms with Crippen molar-refractivity contribution in [2.45, 2.75) is 13.3 Å². The number of carbonyl (C=O) groups is 3. The van der Waals surface area contributed by atoms with E-state index >= 15 is 0 Å². The van der Waals surface area contributed by atoms with Crippen LogP contribution in [0.1, 0.15) is 23.7 Å². The zero-order valence-corrected chi connectivity index (χ0v) is 14.8. The van der Waals surface area contributed by atoms with Gasteiger partial charge in [0.2, 0.25) is 11.8 Å². The van der Waals surface area contributed by atoms with E-state index in [1.807, 2.05) is 0 Å². The third kappa shape index (κ3) is 5.10. The third-order valence-electron chi connectivity index (χ3n) is 3.75. The highest BCUT2D eigenvalue weighted by molar-refractivity contribution is 6.01. The molecule has 2 aromatic carbocycles. The first-order chi connectivity index (χ1) is 12.8. The number of methoxy groups -OCH3 is 1. The van der Waals surface area contributed by atoms with Gasteiger partial charge in [0, 0.05) is 26.0 Å². The minimum absolute atomic E-state index is 0.119. The van der Waals surface area contributed by atoms with Gasteiger partial charge in [0.15, 0.2) is 0 Å². The van der Waals surface area contributed by atoms with Gasteiger partial charge in [0.1, 0.15) is 11.6 Å². The number of amides is 2. The Morgan fingerprint density at radius 3 is 2.44 bits per heavy atom. The number of esters is 1. The fraction of sp³-hybridized carbons (Fsp3) is 0.211. The van der Waals surface area contributed by atoms with E-state index in [0.717, 1.165) is 17.0 Å². The molecule has 2 aromatic rings. The summed E-state index contributed by atoms with van der Waals surface area (Å²) in [7, 11) is 1.23. The van der Waals surface area contributed by atoms with Crippen LogP contribution in [-0.4, -0.2) is 31.4 Å². The predicted molar refractivity (Wildman–Crippen MR) is 95.4 cm³/mol. The first kappa shape index (κ1) is 20.0. The van der Waals surface area contributed by atoms with Crippen LogP contribution in [0, 0.1) is 11.6 Å². The second kappa shape index (κ2) is 8.88. The van der Waals surface area contributed by atoms with Crippen molar-refractivity contribution in [2.75, 3.05) is 23.9 Å². The van der Waals surface area contributed by atoms with Crippen LogP contribution in [0.2, 0.25) is 0 Å². The van der Waals surface area contributed by atoms with E-state index in [-0.39, 0.29) is 29.9 Å². The van der Waals surface area contributed by atoms with E-state index in [0.29, 0.717) is 6.07 Å². The molecule has 6 nitrogen and oxygen atoms in total. The average Bonchev–Trinajstić information content (AvgIpc) is 2.63. The average molecular weight is 376 g/mol. The summed E-state index contributed by atoms with van der Waals surface area (Å²) in [5.74, 6) is -3.26. The van der Waals surface area contributed by atoms with Crippen LogP contribution in [0.5, 0.6) is 0 Å². The lowest BCUT2D eigenvalue weighted by atomic mass is 10.1. The number of hydrogen-bond acceptors (Lipinski definition) is 4. The molecule has 0 aromatic heterocycles. The van der Waals surface area contributed by atoms with Crippen molar-refractivity contribution in [1.29, 1.82) is 0 Å². The van der Waals surface area contributed by atoms with E-state index in [9.17, 15) is 23.2 Å². The van der Waals surface area contributed by atoms with Gasteiger partial charge in [-0.05, 0) is 24.3 Å². The van der Waals surface area contributed by atoms with Crippen LogP contribution in [-0.2, 0) is 14.3 Å². The van der Waals surface area contributed by atoms with Gasteiger partial charge in [0.25, 0.3) is 0 Å². The Balaban J connectivity index is 2.09. The molecule has 0 aliphatic rings. The van der Waals surface area contributed by atoms with Crippen molar-refractivity contribution >= 4 is 29.2 Å². The van der Waals surface area contributed by atoms with Crippen LogP contribution >= 0.6 is 0 Å². The molecule has 2 rings (SSSR count). The van der Waals surface area contributed by atoms with Crippen molar-refractivity contribution in [3.8, 4) is 0 Å². The van der Waals surface area contributed by atoms with Crippen LogP contribution in [0.4, 0.5) is 20.2 Å². The number of nitrogens with one attached hydrogen (secondary N) is 1. The Morgan fingerprint density at radius 1 is 1.11 bits per heavy atom. The number of rotatable bonds is 6. The summed E-state index contributed by atoms with van der Waals surface area (Å²) in [6, 6.07) is 9.12. The number of para-hydroxylation sites is 1. The number of benzene rings is 2. The Kier molecular flexibility index (Phi) is 6.59. The molecule has 0 saturated heterocycles. The molecule has 8 heteroatoms. The largest absolute Gasteiger partial charge is 0.465 e. The first-order valence-electron chi connectivity index (χ1n) is 8.04. The van der Waals surface area contributed by atoms with E-state index in [1.54, 1.807) is 12.1 Å². The fourth-order valence-corrected chi connectivity index (χ4v) is 2.45. The number of nitrogens with zero attached hydrogens (tertiary/aromatic N) is 1. The van der Waals surface area contributed by atoms with Crippen LogP contribution in [0.15, 0.2) is 42.5 Å². The number of ether oxygens (including phenoxy) is 1. The van der Waals surface area contributed by atoms with Gasteiger partial charge in [-0.1, -0.05) is 12.1 Å². The maximum absolute atomic E-state index is 13.9. The standard InChI is InChI=1S/C19H18F2N2O4/c1-12(24)23(17-8-7-13(20)11-15(17)21)10-9-18(25)22-16-6-4-3-5-14(16)19(26)27-2/h3-8,11H,9-10H2,1-2H3,(H,22,25). The smallest absolute Gasteiger partial charge is 0.339 e. The molecule has 0 atom stereocenters. The Labute approximate surface area is 154 Å². The quantitative estimate of drug-likeness (QED) is 0.786. The van der Waals surface area contributed by atoms with Gasteiger partial charge in [-0.2, -0.15) is 0 Å². The molecule has 0 heterocycles. The monoisotopic (exact) mass is 376 g/mol. The van der Waals surface area contributed by atoms with Gasteiger partial charge in [-0.25, -0.2) is 13.6 Å². The molecule has 0 unspecified atom stereocenters. The zero-order chi connectivity index (χ0) is 20.0.